The van der Waals surface area contributed by atoms with Crippen molar-refractivity contribution < 1.29 is 9.31 Å². The Hall–Kier alpha value is -0.790. The van der Waals surface area contributed by atoms with Crippen LogP contribution in [0.3, 0.4) is 0 Å². The molecule has 1 atom stereocenters. The van der Waals surface area contributed by atoms with Crippen LogP contribution in [0.5, 0.6) is 0 Å². The van der Waals surface area contributed by atoms with Crippen LogP contribution in [0, 0.1) is 0 Å². The molecular weight excluding hydrogens is 174 g/mol. The van der Waals surface area contributed by atoms with E-state index in [2.05, 4.69) is 24.5 Å². The molecule has 2 rings (SSSR count). The Morgan fingerprint density at radius 1 is 1.29 bits per heavy atom. The van der Waals surface area contributed by atoms with Gasteiger partial charge in [0.25, 0.3) is 6.23 Å². The summed E-state index contributed by atoms with van der Waals surface area (Å²) >= 11 is 0. The molecule has 2 heteroatoms. The first-order chi connectivity index (χ1) is 6.68. The van der Waals surface area contributed by atoms with Gasteiger partial charge in [-0.05, 0) is 19.8 Å². The first kappa shape index (κ1) is 9.75. The number of hydrogen-bond acceptors (Lipinski definition) is 1. The van der Waals surface area contributed by atoms with E-state index in [1.54, 1.807) is 0 Å². The molecule has 0 radical (unpaired) electrons. The van der Waals surface area contributed by atoms with Gasteiger partial charge in [-0.2, -0.15) is 4.58 Å². The molecule has 78 valence electrons. The fourth-order valence-electron chi connectivity index (χ4n) is 2.78. The molecule has 2 nitrogen and oxygen atoms in total. The van der Waals surface area contributed by atoms with Gasteiger partial charge in [0.15, 0.2) is 11.8 Å². The molecule has 0 aromatic rings. The zero-order valence-electron chi connectivity index (χ0n) is 9.42. The molecule has 1 saturated carbocycles. The maximum Gasteiger partial charge on any atom is 0.293 e. The Morgan fingerprint density at radius 2 is 1.93 bits per heavy atom. The molecule has 0 N–H and O–H groups in total. The van der Waals surface area contributed by atoms with Crippen LogP contribution in [0.1, 0.15) is 46.5 Å². The van der Waals surface area contributed by atoms with E-state index >= 15 is 0 Å². The summed E-state index contributed by atoms with van der Waals surface area (Å²) in [4.78, 5) is 0. The van der Waals surface area contributed by atoms with Gasteiger partial charge in [-0.15, -0.1) is 0 Å². The summed E-state index contributed by atoms with van der Waals surface area (Å²) in [5.41, 5.74) is 1.37. The third kappa shape index (κ3) is 1.70. The van der Waals surface area contributed by atoms with Gasteiger partial charge in [0.1, 0.15) is 5.76 Å². The van der Waals surface area contributed by atoms with Gasteiger partial charge < -0.3 is 4.74 Å². The Morgan fingerprint density at radius 3 is 2.50 bits per heavy atom. The normalized spacial score (nSPS) is 29.1. The van der Waals surface area contributed by atoms with Crippen molar-refractivity contribution in [2.45, 2.75) is 58.7 Å². The van der Waals surface area contributed by atoms with Crippen LogP contribution in [-0.4, -0.2) is 22.6 Å². The molecule has 0 saturated heterocycles. The number of rotatable bonds is 1. The van der Waals surface area contributed by atoms with Crippen LogP contribution < -0.4 is 0 Å². The average Bonchev–Trinajstić information content (AvgIpc) is 2.54. The maximum absolute atomic E-state index is 5.75. The van der Waals surface area contributed by atoms with E-state index < -0.39 is 0 Å². The van der Waals surface area contributed by atoms with E-state index in [9.17, 15) is 0 Å². The number of allylic oxidation sites excluding steroid dienone is 2. The minimum Gasteiger partial charge on any atom is -0.439 e. The van der Waals surface area contributed by atoms with Crippen LogP contribution in [0.4, 0.5) is 0 Å². The zero-order valence-corrected chi connectivity index (χ0v) is 9.42. The van der Waals surface area contributed by atoms with Crippen LogP contribution in [0.2, 0.25) is 0 Å². The van der Waals surface area contributed by atoms with E-state index in [0.717, 1.165) is 5.76 Å². The van der Waals surface area contributed by atoms with E-state index in [0.29, 0.717) is 6.04 Å². The summed E-state index contributed by atoms with van der Waals surface area (Å²) in [5, 5.41) is 0. The van der Waals surface area contributed by atoms with Crippen molar-refractivity contribution in [1.29, 1.82) is 0 Å². The lowest BCUT2D eigenvalue weighted by Gasteiger charge is -2.23. The highest BCUT2D eigenvalue weighted by atomic mass is 16.5. The standard InChI is InChI=1S/C12H20NO/c1-9-8-10(2)14-11(3)13(9)12-6-4-5-7-12/h8,11-12H,4-7H2,1-3H3/q+1. The highest BCUT2D eigenvalue weighted by Gasteiger charge is 2.33. The van der Waals surface area contributed by atoms with Gasteiger partial charge in [0.05, 0.1) is 0 Å². The van der Waals surface area contributed by atoms with Gasteiger partial charge >= 0.3 is 0 Å². The lowest BCUT2D eigenvalue weighted by Crippen LogP contribution is -2.39. The van der Waals surface area contributed by atoms with Gasteiger partial charge in [0, 0.05) is 32.8 Å². The van der Waals surface area contributed by atoms with Gasteiger partial charge in [-0.1, -0.05) is 0 Å². The van der Waals surface area contributed by atoms with Crippen molar-refractivity contribution >= 4 is 5.71 Å². The second kappa shape index (κ2) is 3.76. The molecule has 1 unspecified atom stereocenters. The predicted octanol–water partition coefficient (Wildman–Crippen LogP) is 2.68. The predicted molar refractivity (Wildman–Crippen MR) is 57.5 cm³/mol. The van der Waals surface area contributed by atoms with Crippen LogP contribution in [0.15, 0.2) is 11.8 Å². The second-order valence-corrected chi connectivity index (χ2v) is 4.46. The monoisotopic (exact) mass is 194 g/mol. The van der Waals surface area contributed by atoms with Crippen LogP contribution in [-0.2, 0) is 4.74 Å². The van der Waals surface area contributed by atoms with E-state index in [1.807, 2.05) is 6.92 Å². The third-order valence-electron chi connectivity index (χ3n) is 3.29. The topological polar surface area (TPSA) is 12.2 Å². The Labute approximate surface area is 86.3 Å². The fourth-order valence-corrected chi connectivity index (χ4v) is 2.78. The molecule has 1 aliphatic heterocycles. The Balaban J connectivity index is 2.25. The van der Waals surface area contributed by atoms with Gasteiger partial charge in [-0.3, -0.25) is 0 Å². The highest BCUT2D eigenvalue weighted by Crippen LogP contribution is 2.25. The molecule has 2 aliphatic rings. The Kier molecular flexibility index (Phi) is 2.62. The molecular formula is C12H20NO+. The van der Waals surface area contributed by atoms with Crippen molar-refractivity contribution in [2.75, 3.05) is 0 Å². The molecule has 0 aromatic heterocycles. The minimum atomic E-state index is 0.225. The van der Waals surface area contributed by atoms with Crippen LogP contribution >= 0.6 is 0 Å². The highest BCUT2D eigenvalue weighted by molar-refractivity contribution is 5.89. The van der Waals surface area contributed by atoms with E-state index in [-0.39, 0.29) is 6.23 Å². The summed E-state index contributed by atoms with van der Waals surface area (Å²) in [5.74, 6) is 1.05. The summed E-state index contributed by atoms with van der Waals surface area (Å²) in [7, 11) is 0. The lowest BCUT2D eigenvalue weighted by molar-refractivity contribution is -0.637. The second-order valence-electron chi connectivity index (χ2n) is 4.46. The molecule has 0 spiro atoms. The minimum absolute atomic E-state index is 0.225. The van der Waals surface area contributed by atoms with Crippen LogP contribution in [0.25, 0.3) is 0 Å². The molecule has 0 aromatic carbocycles. The number of hydrogen-bond donors (Lipinski definition) is 0. The molecule has 1 aliphatic carbocycles. The molecule has 14 heavy (non-hydrogen) atoms. The molecule has 0 bridgehead atoms. The van der Waals surface area contributed by atoms with Gasteiger partial charge in [-0.25, -0.2) is 0 Å². The maximum atomic E-state index is 5.75. The van der Waals surface area contributed by atoms with Crippen molar-refractivity contribution in [3.63, 3.8) is 0 Å². The first-order valence-corrected chi connectivity index (χ1v) is 5.65. The van der Waals surface area contributed by atoms with E-state index in [1.165, 1.54) is 31.4 Å². The SMILES string of the molecule is CC1=CC(C)=[N+](C2CCCC2)C(C)O1. The Bertz CT molecular complexity index is 285. The number of nitrogens with zero attached hydrogens (tertiary/aromatic N) is 1. The van der Waals surface area contributed by atoms with Gasteiger partial charge in [0.2, 0.25) is 0 Å². The first-order valence-electron chi connectivity index (χ1n) is 5.65. The molecule has 1 heterocycles. The molecule has 1 fully saturated rings. The van der Waals surface area contributed by atoms with Crippen molar-refractivity contribution in [3.05, 3.63) is 11.8 Å². The van der Waals surface area contributed by atoms with Crippen molar-refractivity contribution in [2.24, 2.45) is 0 Å². The lowest BCUT2D eigenvalue weighted by atomic mass is 10.2. The summed E-state index contributed by atoms with van der Waals surface area (Å²) in [6.45, 7) is 6.38. The largest absolute Gasteiger partial charge is 0.439 e. The fraction of sp³-hybridized carbons (Fsp3) is 0.750. The molecule has 0 amide bonds. The summed E-state index contributed by atoms with van der Waals surface area (Å²) in [6.07, 6.45) is 7.80. The van der Waals surface area contributed by atoms with E-state index in [4.69, 9.17) is 4.74 Å². The zero-order chi connectivity index (χ0) is 10.1. The third-order valence-corrected chi connectivity index (χ3v) is 3.29. The smallest absolute Gasteiger partial charge is 0.293 e. The summed E-state index contributed by atoms with van der Waals surface area (Å²) < 4.78 is 8.19. The average molecular weight is 194 g/mol. The van der Waals surface area contributed by atoms with Crippen molar-refractivity contribution in [1.82, 2.24) is 0 Å². The number of ether oxygens (including phenoxy) is 1. The quantitative estimate of drug-likeness (QED) is 0.584. The van der Waals surface area contributed by atoms with Crippen molar-refractivity contribution in [3.8, 4) is 0 Å². The summed E-state index contributed by atoms with van der Waals surface area (Å²) in [6, 6.07) is 0.717.